The van der Waals surface area contributed by atoms with Gasteiger partial charge in [-0.15, -0.1) is 0 Å². The molecule has 0 radical (unpaired) electrons. The molecule has 1 aliphatic rings. The summed E-state index contributed by atoms with van der Waals surface area (Å²) in [5.74, 6) is 1.28. The van der Waals surface area contributed by atoms with Gasteiger partial charge in [-0.25, -0.2) is 0 Å². The Bertz CT molecular complexity index is 480. The van der Waals surface area contributed by atoms with E-state index in [1.807, 2.05) is 11.8 Å². The second-order valence-corrected chi connectivity index (χ2v) is 5.17. The van der Waals surface area contributed by atoms with Gasteiger partial charge in [0.1, 0.15) is 0 Å². The molecule has 1 unspecified atom stereocenters. The molecule has 0 amide bonds. The first-order valence-electron chi connectivity index (χ1n) is 5.37. The summed E-state index contributed by atoms with van der Waals surface area (Å²) in [4.78, 5) is 0. The molecule has 1 saturated heterocycles. The van der Waals surface area contributed by atoms with Crippen LogP contribution < -0.4 is 17.7 Å². The zero-order chi connectivity index (χ0) is 10.1. The quantitative estimate of drug-likeness (QED) is 0.699. The zero-order valence-electron chi connectivity index (χ0n) is 8.90. The normalized spacial score (nSPS) is 19.6. The van der Waals surface area contributed by atoms with E-state index in [4.69, 9.17) is 0 Å². The minimum Gasteiger partial charge on any atom is -1.00 e. The van der Waals surface area contributed by atoms with Gasteiger partial charge in [-0.05, 0) is 16.8 Å². The maximum absolute atomic E-state index is 2.43. The predicted octanol–water partition coefficient (Wildman–Crippen LogP) is -0.847. The van der Waals surface area contributed by atoms with Gasteiger partial charge in [0, 0.05) is 11.3 Å². The Kier molecular flexibility index (Phi) is 3.74. The number of hydrogen-bond acceptors (Lipinski definition) is 1. The molecule has 0 aliphatic carbocycles. The number of fused-ring (bicyclic) bond motifs is 1. The van der Waals surface area contributed by atoms with Crippen molar-refractivity contribution in [1.29, 1.82) is 0 Å². The van der Waals surface area contributed by atoms with Crippen LogP contribution in [0.2, 0.25) is 0 Å². The van der Waals surface area contributed by atoms with E-state index in [2.05, 4.69) is 47.8 Å². The zero-order valence-corrected chi connectivity index (χ0v) is 10.5. The number of quaternary nitrogens is 1. The van der Waals surface area contributed by atoms with E-state index in [9.17, 15) is 0 Å². The van der Waals surface area contributed by atoms with Crippen LogP contribution in [0.3, 0.4) is 0 Å². The molecule has 0 spiro atoms. The molecule has 1 heterocycles. The van der Waals surface area contributed by atoms with Gasteiger partial charge < -0.3 is 17.7 Å². The van der Waals surface area contributed by atoms with Crippen molar-refractivity contribution in [3.05, 3.63) is 48.0 Å². The number of benzene rings is 2. The van der Waals surface area contributed by atoms with Crippen molar-refractivity contribution in [3.8, 4) is 0 Å². The van der Waals surface area contributed by atoms with Crippen LogP contribution in [0.4, 0.5) is 0 Å². The van der Waals surface area contributed by atoms with Gasteiger partial charge in [-0.2, -0.15) is 0 Å². The molecular formula is C13H14ClNS. The molecule has 2 N–H and O–H groups in total. The molecule has 2 aromatic carbocycles. The van der Waals surface area contributed by atoms with Crippen LogP contribution in [0.5, 0.6) is 0 Å². The summed E-state index contributed by atoms with van der Waals surface area (Å²) in [5, 5.41) is 5.74. The average Bonchev–Trinajstić information content (AvgIpc) is 2.82. The van der Waals surface area contributed by atoms with Crippen molar-refractivity contribution < 1.29 is 17.7 Å². The highest BCUT2D eigenvalue weighted by molar-refractivity contribution is 7.99. The third-order valence-electron chi connectivity index (χ3n) is 2.90. The van der Waals surface area contributed by atoms with Crippen LogP contribution in [0.15, 0.2) is 42.5 Å². The van der Waals surface area contributed by atoms with Crippen LogP contribution in [-0.2, 0) is 0 Å². The topological polar surface area (TPSA) is 16.6 Å². The van der Waals surface area contributed by atoms with Crippen molar-refractivity contribution in [2.24, 2.45) is 0 Å². The molecule has 1 atom stereocenters. The number of thioether (sulfide) groups is 1. The highest BCUT2D eigenvalue weighted by Gasteiger charge is 2.20. The van der Waals surface area contributed by atoms with E-state index in [0.717, 1.165) is 0 Å². The molecule has 1 aliphatic heterocycles. The Morgan fingerprint density at radius 2 is 1.88 bits per heavy atom. The minimum atomic E-state index is 0. The summed E-state index contributed by atoms with van der Waals surface area (Å²) in [7, 11) is 0. The van der Waals surface area contributed by atoms with Crippen molar-refractivity contribution in [2.45, 2.75) is 5.37 Å². The Morgan fingerprint density at radius 1 is 1.06 bits per heavy atom. The molecule has 3 rings (SSSR count). The second kappa shape index (κ2) is 5.09. The van der Waals surface area contributed by atoms with Gasteiger partial charge in [-0.3, -0.25) is 0 Å². The molecule has 0 saturated carbocycles. The van der Waals surface area contributed by atoms with Gasteiger partial charge in [0.05, 0.1) is 6.54 Å². The third kappa shape index (κ3) is 2.19. The fourth-order valence-electron chi connectivity index (χ4n) is 2.10. The first kappa shape index (κ1) is 11.8. The molecule has 0 bridgehead atoms. The van der Waals surface area contributed by atoms with Crippen LogP contribution in [0.1, 0.15) is 10.9 Å². The van der Waals surface area contributed by atoms with Crippen molar-refractivity contribution in [2.75, 3.05) is 12.3 Å². The first-order valence-corrected chi connectivity index (χ1v) is 6.42. The van der Waals surface area contributed by atoms with E-state index < -0.39 is 0 Å². The largest absolute Gasteiger partial charge is 1.00 e. The standard InChI is InChI=1S/C13H13NS.ClH/c1-2-4-11-9-12(6-5-10(11)3-1)13-14-7-8-15-13;/h1-6,9,13-14H,7-8H2;1H. The Hall–Kier alpha value is -0.700. The number of nitrogens with two attached hydrogens (primary N) is 1. The fraction of sp³-hybridized carbons (Fsp3) is 0.231. The summed E-state index contributed by atoms with van der Waals surface area (Å²) in [6.07, 6.45) is 0. The summed E-state index contributed by atoms with van der Waals surface area (Å²) in [5.41, 5.74) is 1.45. The molecule has 84 valence electrons. The van der Waals surface area contributed by atoms with E-state index in [1.54, 1.807) is 0 Å². The summed E-state index contributed by atoms with van der Waals surface area (Å²) < 4.78 is 0. The SMILES string of the molecule is [Cl-].c1ccc2cc(C3[NH2+]CCS3)ccc2c1. The van der Waals surface area contributed by atoms with Gasteiger partial charge in [-0.1, -0.05) is 48.2 Å². The molecule has 16 heavy (non-hydrogen) atoms. The monoisotopic (exact) mass is 251 g/mol. The average molecular weight is 252 g/mol. The van der Waals surface area contributed by atoms with Crippen molar-refractivity contribution in [3.63, 3.8) is 0 Å². The van der Waals surface area contributed by atoms with Gasteiger partial charge >= 0.3 is 0 Å². The molecule has 0 aromatic heterocycles. The van der Waals surface area contributed by atoms with Gasteiger partial charge in [0.25, 0.3) is 0 Å². The van der Waals surface area contributed by atoms with E-state index in [1.165, 1.54) is 28.6 Å². The maximum atomic E-state index is 2.43. The first-order chi connectivity index (χ1) is 7.43. The van der Waals surface area contributed by atoms with Crippen LogP contribution in [0.25, 0.3) is 10.8 Å². The van der Waals surface area contributed by atoms with Crippen LogP contribution in [0, 0.1) is 0 Å². The highest BCUT2D eigenvalue weighted by Crippen LogP contribution is 2.27. The lowest BCUT2D eigenvalue weighted by Crippen LogP contribution is -3.00. The molecule has 1 fully saturated rings. The molecule has 2 aromatic rings. The Morgan fingerprint density at radius 3 is 2.62 bits per heavy atom. The third-order valence-corrected chi connectivity index (χ3v) is 4.19. The summed E-state index contributed by atoms with van der Waals surface area (Å²) >= 11 is 2.05. The maximum Gasteiger partial charge on any atom is 0.159 e. The second-order valence-electron chi connectivity index (χ2n) is 3.92. The van der Waals surface area contributed by atoms with E-state index >= 15 is 0 Å². The lowest BCUT2D eigenvalue weighted by Gasteiger charge is -2.07. The van der Waals surface area contributed by atoms with Crippen LogP contribution in [-0.4, -0.2) is 12.3 Å². The van der Waals surface area contributed by atoms with Crippen molar-refractivity contribution in [1.82, 2.24) is 0 Å². The number of rotatable bonds is 1. The van der Waals surface area contributed by atoms with Crippen LogP contribution >= 0.6 is 11.8 Å². The van der Waals surface area contributed by atoms with E-state index in [0.29, 0.717) is 5.37 Å². The van der Waals surface area contributed by atoms with Gasteiger partial charge in [0.2, 0.25) is 0 Å². The Balaban J connectivity index is 0.000000963. The number of halogens is 1. The predicted molar refractivity (Wildman–Crippen MR) is 65.9 cm³/mol. The van der Waals surface area contributed by atoms with Gasteiger partial charge in [0.15, 0.2) is 5.37 Å². The lowest BCUT2D eigenvalue weighted by molar-refractivity contribution is -0.663. The summed E-state index contributed by atoms with van der Waals surface area (Å²) in [6.45, 7) is 1.25. The molecule has 1 nitrogen and oxygen atoms in total. The Labute approximate surface area is 106 Å². The minimum absolute atomic E-state index is 0. The summed E-state index contributed by atoms with van der Waals surface area (Å²) in [6, 6.07) is 15.4. The van der Waals surface area contributed by atoms with Crippen molar-refractivity contribution >= 4 is 22.5 Å². The fourth-order valence-corrected chi connectivity index (χ4v) is 3.24. The molecule has 3 heteroatoms. The highest BCUT2D eigenvalue weighted by atomic mass is 35.5. The smallest absolute Gasteiger partial charge is 0.159 e. The number of hydrogen-bond donors (Lipinski definition) is 1. The van der Waals surface area contributed by atoms with E-state index in [-0.39, 0.29) is 12.4 Å². The molecular weight excluding hydrogens is 238 g/mol. The lowest BCUT2D eigenvalue weighted by atomic mass is 10.1.